The van der Waals surface area contributed by atoms with Crippen molar-refractivity contribution in [2.24, 2.45) is 23.2 Å². The number of fused-ring (bicyclic) bond motifs is 1. The van der Waals surface area contributed by atoms with Gasteiger partial charge in [-0.3, -0.25) is 4.79 Å². The van der Waals surface area contributed by atoms with Crippen molar-refractivity contribution in [3.8, 4) is 0 Å². The summed E-state index contributed by atoms with van der Waals surface area (Å²) < 4.78 is 0. The van der Waals surface area contributed by atoms with Gasteiger partial charge in [-0.25, -0.2) is 0 Å². The number of benzene rings is 1. The molecule has 0 aliphatic heterocycles. The lowest BCUT2D eigenvalue weighted by Gasteiger charge is -2.28. The lowest BCUT2D eigenvalue weighted by Crippen LogP contribution is -2.19. The highest BCUT2D eigenvalue weighted by Gasteiger charge is 2.26. The Bertz CT molecular complexity index is 1200. The molecule has 2 heteroatoms. The van der Waals surface area contributed by atoms with Gasteiger partial charge in [0.15, 0.2) is 5.78 Å². The summed E-state index contributed by atoms with van der Waals surface area (Å²) in [6.07, 6.45) is 27.9. The summed E-state index contributed by atoms with van der Waals surface area (Å²) in [5.41, 5.74) is 7.48. The highest BCUT2D eigenvalue weighted by molar-refractivity contribution is 5.95. The van der Waals surface area contributed by atoms with Gasteiger partial charge in [-0.05, 0) is 110 Å². The van der Waals surface area contributed by atoms with Gasteiger partial charge in [0, 0.05) is 6.42 Å². The van der Waals surface area contributed by atoms with Crippen LogP contribution >= 0.6 is 0 Å². The number of carbonyl (C=O) groups is 1. The summed E-state index contributed by atoms with van der Waals surface area (Å²) in [4.78, 5) is 13.1. The second-order valence-corrected chi connectivity index (χ2v) is 14.9. The molecule has 0 radical (unpaired) electrons. The number of hydrogen-bond donors (Lipinski definition) is 1. The lowest BCUT2D eigenvalue weighted by atomic mass is 9.79. The fourth-order valence-corrected chi connectivity index (χ4v) is 7.05. The summed E-state index contributed by atoms with van der Waals surface area (Å²) >= 11 is 0. The van der Waals surface area contributed by atoms with E-state index in [0.717, 1.165) is 55.6 Å². The van der Waals surface area contributed by atoms with Crippen LogP contribution in [0.3, 0.4) is 0 Å². The van der Waals surface area contributed by atoms with E-state index in [-0.39, 0.29) is 11.2 Å². The molecular formula is C42H62O2. The van der Waals surface area contributed by atoms with Crippen molar-refractivity contribution in [1.29, 1.82) is 0 Å². The second kappa shape index (κ2) is 17.9. The van der Waals surface area contributed by atoms with E-state index in [2.05, 4.69) is 83.7 Å². The van der Waals surface area contributed by atoms with Gasteiger partial charge >= 0.3 is 0 Å². The minimum Gasteiger partial charge on any atom is -0.388 e. The largest absolute Gasteiger partial charge is 0.388 e. The molecule has 0 bridgehead atoms. The molecule has 4 atom stereocenters. The van der Waals surface area contributed by atoms with E-state index < -0.39 is 6.10 Å². The van der Waals surface area contributed by atoms with Crippen molar-refractivity contribution in [2.45, 2.75) is 138 Å². The molecule has 0 amide bonds. The highest BCUT2D eigenvalue weighted by atomic mass is 16.3. The molecular weight excluding hydrogens is 536 g/mol. The standard InChI is InChI=1S/C42H62O2/c1-8-15-33(16-9-2)27-34-17-11-10-12-19-37(20-14-13-18-34)41(44)38-26-25-36-24-23-35(28-39(36)30-38)29-40(43)31(3)21-22-32(4)42(5,6)7/h8-9,15-16,21-22,25-26,30,34-35,37,41,44H,1,10-14,17-20,23-24,27-29H2,2-7H3. The molecule has 2 nitrogen and oxygen atoms in total. The molecule has 4 unspecified atom stereocenters. The third-order valence-corrected chi connectivity index (χ3v) is 10.4. The molecule has 1 N–H and O–H groups in total. The summed E-state index contributed by atoms with van der Waals surface area (Å²) in [6, 6.07) is 6.72. The van der Waals surface area contributed by atoms with Crippen molar-refractivity contribution in [3.63, 3.8) is 0 Å². The third kappa shape index (κ3) is 11.5. The van der Waals surface area contributed by atoms with Crippen LogP contribution < -0.4 is 0 Å². The minimum atomic E-state index is -0.404. The number of hydrogen-bond acceptors (Lipinski definition) is 2. The van der Waals surface area contributed by atoms with Crippen molar-refractivity contribution in [3.05, 3.63) is 94.6 Å². The number of aryl methyl sites for hydroxylation is 1. The van der Waals surface area contributed by atoms with Crippen molar-refractivity contribution in [1.82, 2.24) is 0 Å². The van der Waals surface area contributed by atoms with Gasteiger partial charge in [-0.1, -0.05) is 133 Å². The fourth-order valence-electron chi connectivity index (χ4n) is 7.05. The number of carbonyl (C=O) groups excluding carboxylic acids is 1. The van der Waals surface area contributed by atoms with Crippen LogP contribution in [0, 0.1) is 23.2 Å². The number of ketones is 1. The van der Waals surface area contributed by atoms with E-state index in [1.54, 1.807) is 0 Å². The quantitative estimate of drug-likeness (QED) is 0.215. The molecule has 242 valence electrons. The third-order valence-electron chi connectivity index (χ3n) is 10.4. The average Bonchev–Trinajstić information content (AvgIpc) is 3.04. The number of allylic oxidation sites excluding steroid dienone is 9. The van der Waals surface area contributed by atoms with Crippen LogP contribution in [0.4, 0.5) is 0 Å². The second-order valence-electron chi connectivity index (χ2n) is 14.9. The Morgan fingerprint density at radius 1 is 0.909 bits per heavy atom. The molecule has 3 rings (SSSR count). The van der Waals surface area contributed by atoms with E-state index in [0.29, 0.717) is 18.3 Å². The first-order valence-corrected chi connectivity index (χ1v) is 17.6. The summed E-state index contributed by atoms with van der Waals surface area (Å²) in [7, 11) is 0. The summed E-state index contributed by atoms with van der Waals surface area (Å²) in [5, 5.41) is 11.6. The zero-order valence-corrected chi connectivity index (χ0v) is 29.0. The van der Waals surface area contributed by atoms with Crippen LogP contribution in [0.2, 0.25) is 0 Å². The maximum atomic E-state index is 13.1. The lowest BCUT2D eigenvalue weighted by molar-refractivity contribution is -0.116. The number of aliphatic hydroxyl groups excluding tert-OH is 1. The first-order valence-electron chi connectivity index (χ1n) is 17.6. The Labute approximate surface area is 270 Å². The highest BCUT2D eigenvalue weighted by Crippen LogP contribution is 2.36. The first kappa shape index (κ1) is 36.0. The van der Waals surface area contributed by atoms with Crippen LogP contribution in [-0.2, 0) is 17.6 Å². The predicted octanol–water partition coefficient (Wildman–Crippen LogP) is 11.6. The van der Waals surface area contributed by atoms with Crippen molar-refractivity contribution >= 4 is 5.78 Å². The zero-order valence-electron chi connectivity index (χ0n) is 29.0. The Morgan fingerprint density at radius 2 is 1.59 bits per heavy atom. The van der Waals surface area contributed by atoms with Crippen molar-refractivity contribution < 1.29 is 9.90 Å². The van der Waals surface area contributed by atoms with Gasteiger partial charge in [0.25, 0.3) is 0 Å². The molecule has 0 saturated heterocycles. The van der Waals surface area contributed by atoms with Gasteiger partial charge in [0.2, 0.25) is 0 Å². The summed E-state index contributed by atoms with van der Waals surface area (Å²) in [6.45, 7) is 16.7. The Balaban J connectivity index is 1.60. The predicted molar refractivity (Wildman–Crippen MR) is 190 cm³/mol. The normalized spacial score (nSPS) is 24.0. The molecule has 1 fully saturated rings. The molecule has 1 aromatic carbocycles. The molecule has 2 aliphatic rings. The first-order chi connectivity index (χ1) is 21.0. The van der Waals surface area contributed by atoms with Crippen LogP contribution in [0.5, 0.6) is 0 Å². The number of rotatable bonds is 10. The maximum absolute atomic E-state index is 13.1. The monoisotopic (exact) mass is 598 g/mol. The van der Waals surface area contributed by atoms with Crippen LogP contribution in [0.1, 0.15) is 141 Å². The van der Waals surface area contributed by atoms with Crippen molar-refractivity contribution in [2.75, 3.05) is 0 Å². The Morgan fingerprint density at radius 3 is 2.27 bits per heavy atom. The Kier molecular flexibility index (Phi) is 14.6. The van der Waals surface area contributed by atoms with Gasteiger partial charge in [-0.15, -0.1) is 0 Å². The van der Waals surface area contributed by atoms with Gasteiger partial charge in [-0.2, -0.15) is 0 Å². The average molecular weight is 599 g/mol. The molecule has 0 aromatic heterocycles. The van der Waals surface area contributed by atoms with E-state index in [4.69, 9.17) is 0 Å². The molecule has 1 saturated carbocycles. The van der Waals surface area contributed by atoms with E-state index in [9.17, 15) is 9.90 Å². The van der Waals surface area contributed by atoms with E-state index >= 15 is 0 Å². The maximum Gasteiger partial charge on any atom is 0.158 e. The molecule has 0 spiro atoms. The SMILES string of the molecule is C=CC=C(C=CC)CC1CCCCCC(C(O)c2ccc3c(c2)CC(CC(=O)C(C)=CC=C(C)C(C)(C)C)CC3)CCCC1. The fraction of sp³-hybridized carbons (Fsp3) is 0.595. The van der Waals surface area contributed by atoms with Gasteiger partial charge < -0.3 is 5.11 Å². The molecule has 44 heavy (non-hydrogen) atoms. The Hall–Kier alpha value is -2.45. The van der Waals surface area contributed by atoms with Gasteiger partial charge in [0.1, 0.15) is 0 Å². The smallest absolute Gasteiger partial charge is 0.158 e. The van der Waals surface area contributed by atoms with E-state index in [1.165, 1.54) is 67.2 Å². The van der Waals surface area contributed by atoms with E-state index in [1.807, 2.05) is 19.1 Å². The van der Waals surface area contributed by atoms with Crippen LogP contribution in [0.15, 0.2) is 78.0 Å². The number of aliphatic hydroxyl groups is 1. The molecule has 2 aliphatic carbocycles. The minimum absolute atomic E-state index is 0.117. The van der Waals surface area contributed by atoms with Gasteiger partial charge in [0.05, 0.1) is 6.10 Å². The number of Topliss-reactive ketones (excluding diaryl/α,β-unsaturated/α-hetero) is 1. The summed E-state index contributed by atoms with van der Waals surface area (Å²) in [5.74, 6) is 1.70. The molecule has 0 heterocycles. The van der Waals surface area contributed by atoms with Crippen LogP contribution in [-0.4, -0.2) is 10.9 Å². The zero-order chi connectivity index (χ0) is 32.1. The van der Waals surface area contributed by atoms with Crippen LogP contribution in [0.25, 0.3) is 0 Å². The topological polar surface area (TPSA) is 37.3 Å². The molecule has 1 aromatic rings.